The van der Waals surface area contributed by atoms with E-state index in [1.54, 1.807) is 0 Å². The molecule has 0 saturated heterocycles. The molecular formula is C14H21NO. The molecule has 2 heteroatoms. The number of para-hydroxylation sites is 1. The summed E-state index contributed by atoms with van der Waals surface area (Å²) in [5.41, 5.74) is 2.67. The van der Waals surface area contributed by atoms with Crippen molar-refractivity contribution in [1.82, 2.24) is 0 Å². The third kappa shape index (κ3) is 1.94. The van der Waals surface area contributed by atoms with Gasteiger partial charge in [0.25, 0.3) is 0 Å². The van der Waals surface area contributed by atoms with Gasteiger partial charge in [-0.2, -0.15) is 0 Å². The maximum Gasteiger partial charge on any atom is 0.0886 e. The second-order valence-electron chi connectivity index (χ2n) is 4.64. The molecule has 0 bridgehead atoms. The lowest BCUT2D eigenvalue weighted by Gasteiger charge is -2.38. The Morgan fingerprint density at radius 1 is 1.38 bits per heavy atom. The van der Waals surface area contributed by atoms with Gasteiger partial charge in [-0.15, -0.1) is 0 Å². The van der Waals surface area contributed by atoms with Crippen LogP contribution < -0.4 is 4.90 Å². The van der Waals surface area contributed by atoms with Crippen LogP contribution in [0.5, 0.6) is 0 Å². The van der Waals surface area contributed by atoms with E-state index >= 15 is 0 Å². The molecule has 1 heterocycles. The van der Waals surface area contributed by atoms with Gasteiger partial charge in [0.15, 0.2) is 0 Å². The molecule has 0 aromatic heterocycles. The van der Waals surface area contributed by atoms with Crippen LogP contribution in [0.1, 0.15) is 31.4 Å². The van der Waals surface area contributed by atoms with Crippen molar-refractivity contribution in [3.8, 4) is 0 Å². The van der Waals surface area contributed by atoms with Crippen molar-refractivity contribution in [3.63, 3.8) is 0 Å². The molecule has 1 aromatic carbocycles. The van der Waals surface area contributed by atoms with E-state index in [9.17, 15) is 0 Å². The van der Waals surface area contributed by atoms with Crippen molar-refractivity contribution in [2.75, 3.05) is 25.6 Å². The third-order valence-electron chi connectivity index (χ3n) is 3.50. The van der Waals surface area contributed by atoms with Crippen LogP contribution in [0.2, 0.25) is 0 Å². The van der Waals surface area contributed by atoms with Crippen LogP contribution in [0.3, 0.4) is 0 Å². The Balaban J connectivity index is 2.34. The number of benzene rings is 1. The van der Waals surface area contributed by atoms with E-state index in [2.05, 4.69) is 43.1 Å². The average Bonchev–Trinajstić information content (AvgIpc) is 2.30. The Morgan fingerprint density at radius 3 is 2.81 bits per heavy atom. The molecule has 0 unspecified atom stereocenters. The summed E-state index contributed by atoms with van der Waals surface area (Å²) in [6, 6.07) is 8.58. The zero-order valence-electron chi connectivity index (χ0n) is 10.4. The molecule has 1 aliphatic rings. The van der Waals surface area contributed by atoms with Gasteiger partial charge < -0.3 is 9.64 Å². The van der Waals surface area contributed by atoms with Crippen molar-refractivity contribution in [1.29, 1.82) is 0 Å². The van der Waals surface area contributed by atoms with E-state index in [4.69, 9.17) is 4.74 Å². The topological polar surface area (TPSA) is 12.5 Å². The monoisotopic (exact) mass is 219 g/mol. The standard InChI is InChI=1S/C14H21NO/c1-4-7-11-10-15(2)13-9-6-5-8-12(13)14(11)16-3/h5-6,8-9,11,14H,4,7,10H2,1-3H3/t11-,14+/m1/s1. The van der Waals surface area contributed by atoms with Crippen LogP contribution in [0.4, 0.5) is 5.69 Å². The van der Waals surface area contributed by atoms with E-state index in [1.165, 1.54) is 24.1 Å². The highest BCUT2D eigenvalue weighted by molar-refractivity contribution is 5.56. The summed E-state index contributed by atoms with van der Waals surface area (Å²) >= 11 is 0. The zero-order valence-corrected chi connectivity index (χ0v) is 10.4. The summed E-state index contributed by atoms with van der Waals surface area (Å²) in [6.45, 7) is 3.34. The highest BCUT2D eigenvalue weighted by atomic mass is 16.5. The first-order valence-corrected chi connectivity index (χ1v) is 6.10. The number of anilines is 1. The molecule has 2 atom stereocenters. The number of hydrogen-bond acceptors (Lipinski definition) is 2. The smallest absolute Gasteiger partial charge is 0.0886 e. The molecular weight excluding hydrogens is 198 g/mol. The quantitative estimate of drug-likeness (QED) is 0.774. The Bertz CT molecular complexity index is 350. The molecule has 88 valence electrons. The van der Waals surface area contributed by atoms with Gasteiger partial charge in [0, 0.05) is 37.9 Å². The fraction of sp³-hybridized carbons (Fsp3) is 0.571. The van der Waals surface area contributed by atoms with Gasteiger partial charge >= 0.3 is 0 Å². The largest absolute Gasteiger partial charge is 0.376 e. The van der Waals surface area contributed by atoms with Crippen molar-refractivity contribution in [2.45, 2.75) is 25.9 Å². The molecule has 0 amide bonds. The van der Waals surface area contributed by atoms with Gasteiger partial charge in [-0.1, -0.05) is 31.5 Å². The number of nitrogens with zero attached hydrogens (tertiary/aromatic N) is 1. The zero-order chi connectivity index (χ0) is 11.5. The molecule has 0 spiro atoms. The summed E-state index contributed by atoms with van der Waals surface area (Å²) < 4.78 is 5.70. The summed E-state index contributed by atoms with van der Waals surface area (Å²) in [5.74, 6) is 0.620. The molecule has 0 saturated carbocycles. The first-order chi connectivity index (χ1) is 7.77. The minimum Gasteiger partial charge on any atom is -0.376 e. The Labute approximate surface area is 98.2 Å². The van der Waals surface area contributed by atoms with Crippen LogP contribution in [-0.2, 0) is 4.74 Å². The van der Waals surface area contributed by atoms with Crippen LogP contribution in [-0.4, -0.2) is 20.7 Å². The predicted octanol–water partition coefficient (Wildman–Crippen LogP) is 3.24. The van der Waals surface area contributed by atoms with Crippen LogP contribution >= 0.6 is 0 Å². The molecule has 0 radical (unpaired) electrons. The van der Waals surface area contributed by atoms with E-state index < -0.39 is 0 Å². The summed E-state index contributed by atoms with van der Waals surface area (Å²) in [6.07, 6.45) is 2.73. The van der Waals surface area contributed by atoms with Crippen molar-refractivity contribution in [2.24, 2.45) is 5.92 Å². The molecule has 1 aromatic rings. The fourth-order valence-corrected chi connectivity index (χ4v) is 2.81. The number of methoxy groups -OCH3 is 1. The molecule has 2 nitrogen and oxygen atoms in total. The van der Waals surface area contributed by atoms with Crippen LogP contribution in [0.25, 0.3) is 0 Å². The predicted molar refractivity (Wildman–Crippen MR) is 67.9 cm³/mol. The number of ether oxygens (including phenoxy) is 1. The molecule has 0 N–H and O–H groups in total. The first-order valence-electron chi connectivity index (χ1n) is 6.10. The Hall–Kier alpha value is -1.02. The second kappa shape index (κ2) is 4.88. The maximum absolute atomic E-state index is 5.70. The summed E-state index contributed by atoms with van der Waals surface area (Å²) in [7, 11) is 4.00. The molecule has 2 rings (SSSR count). The summed E-state index contributed by atoms with van der Waals surface area (Å²) in [5, 5.41) is 0. The van der Waals surface area contributed by atoms with Crippen molar-refractivity contribution in [3.05, 3.63) is 29.8 Å². The van der Waals surface area contributed by atoms with Gasteiger partial charge in [0.2, 0.25) is 0 Å². The molecule has 1 aliphatic heterocycles. The van der Waals surface area contributed by atoms with Crippen molar-refractivity contribution < 1.29 is 4.74 Å². The highest BCUT2D eigenvalue weighted by Gasteiger charge is 2.31. The second-order valence-corrected chi connectivity index (χ2v) is 4.64. The minimum absolute atomic E-state index is 0.271. The normalized spacial score (nSPS) is 24.3. The first kappa shape index (κ1) is 11.5. The number of fused-ring (bicyclic) bond motifs is 1. The lowest BCUT2D eigenvalue weighted by molar-refractivity contribution is 0.0457. The van der Waals surface area contributed by atoms with Gasteiger partial charge in [0.1, 0.15) is 0 Å². The lowest BCUT2D eigenvalue weighted by atomic mass is 9.86. The number of hydrogen-bond donors (Lipinski definition) is 0. The molecule has 0 fully saturated rings. The van der Waals surface area contributed by atoms with Gasteiger partial charge in [0.05, 0.1) is 6.10 Å². The van der Waals surface area contributed by atoms with E-state index in [1.807, 2.05) is 7.11 Å². The van der Waals surface area contributed by atoms with Gasteiger partial charge in [-0.05, 0) is 12.5 Å². The van der Waals surface area contributed by atoms with Gasteiger partial charge in [-0.3, -0.25) is 0 Å². The van der Waals surface area contributed by atoms with Gasteiger partial charge in [-0.25, -0.2) is 0 Å². The molecule has 16 heavy (non-hydrogen) atoms. The third-order valence-corrected chi connectivity index (χ3v) is 3.50. The summed E-state index contributed by atoms with van der Waals surface area (Å²) in [4.78, 5) is 2.35. The average molecular weight is 219 g/mol. The van der Waals surface area contributed by atoms with E-state index in [0.717, 1.165) is 6.54 Å². The van der Waals surface area contributed by atoms with E-state index in [0.29, 0.717) is 5.92 Å². The Kier molecular flexibility index (Phi) is 3.49. The lowest BCUT2D eigenvalue weighted by Crippen LogP contribution is -2.35. The van der Waals surface area contributed by atoms with Crippen LogP contribution in [0.15, 0.2) is 24.3 Å². The van der Waals surface area contributed by atoms with Crippen molar-refractivity contribution >= 4 is 5.69 Å². The van der Waals surface area contributed by atoms with E-state index in [-0.39, 0.29) is 6.10 Å². The minimum atomic E-state index is 0.271. The highest BCUT2D eigenvalue weighted by Crippen LogP contribution is 2.39. The number of rotatable bonds is 3. The maximum atomic E-state index is 5.70. The SMILES string of the molecule is CCC[C@@H]1CN(C)c2ccccc2[C@H]1OC. The Morgan fingerprint density at radius 2 is 2.12 bits per heavy atom. The van der Waals surface area contributed by atoms with Crippen LogP contribution in [0, 0.1) is 5.92 Å². The fourth-order valence-electron chi connectivity index (χ4n) is 2.81. The molecule has 0 aliphatic carbocycles.